The lowest BCUT2D eigenvalue weighted by atomic mass is 10.1. The van der Waals surface area contributed by atoms with Crippen molar-refractivity contribution in [3.8, 4) is 0 Å². The van der Waals surface area contributed by atoms with Gasteiger partial charge >= 0.3 is 11.8 Å². The average molecular weight is 348 g/mol. The van der Waals surface area contributed by atoms with Crippen molar-refractivity contribution in [2.75, 3.05) is 0 Å². The van der Waals surface area contributed by atoms with Crippen LogP contribution >= 0.6 is 0 Å². The number of fused-ring (bicyclic) bond motifs is 2. The van der Waals surface area contributed by atoms with E-state index < -0.39 is 35.4 Å². The summed E-state index contributed by atoms with van der Waals surface area (Å²) >= 11 is 0. The molecule has 0 radical (unpaired) electrons. The zero-order valence-corrected chi connectivity index (χ0v) is 13.0. The van der Waals surface area contributed by atoms with Crippen LogP contribution in [0.25, 0.3) is 0 Å². The standard InChI is InChI=1S/C18H8N2O6/c21-13-9-5-1-2-6-10(9)14(22)19(13)17(25)18(26)20-15(23)11-7-3-4-8-12(11)16(20)24/h1-8H. The first-order chi connectivity index (χ1) is 12.4. The summed E-state index contributed by atoms with van der Waals surface area (Å²) in [4.78, 5) is 74.4. The average Bonchev–Trinajstić information content (AvgIpc) is 3.06. The number of hydrogen-bond acceptors (Lipinski definition) is 6. The molecular weight excluding hydrogens is 340 g/mol. The molecule has 4 rings (SSSR count). The van der Waals surface area contributed by atoms with Gasteiger partial charge in [0.25, 0.3) is 23.6 Å². The van der Waals surface area contributed by atoms with Crippen molar-refractivity contribution in [3.05, 3.63) is 70.8 Å². The van der Waals surface area contributed by atoms with E-state index in [-0.39, 0.29) is 32.1 Å². The molecule has 6 amide bonds. The number of carbonyl (C=O) groups excluding carboxylic acids is 6. The van der Waals surface area contributed by atoms with Crippen LogP contribution in [0.4, 0.5) is 0 Å². The van der Waals surface area contributed by atoms with Gasteiger partial charge < -0.3 is 0 Å². The first-order valence-electron chi connectivity index (χ1n) is 7.47. The van der Waals surface area contributed by atoms with Gasteiger partial charge in [0, 0.05) is 0 Å². The number of benzene rings is 2. The molecule has 126 valence electrons. The molecule has 2 heterocycles. The Kier molecular flexibility index (Phi) is 3.16. The van der Waals surface area contributed by atoms with Crippen molar-refractivity contribution in [1.82, 2.24) is 9.80 Å². The summed E-state index contributed by atoms with van der Waals surface area (Å²) in [6, 6.07) is 11.4. The Hall–Kier alpha value is -3.94. The highest BCUT2D eigenvalue weighted by atomic mass is 16.2. The summed E-state index contributed by atoms with van der Waals surface area (Å²) in [5.41, 5.74) is -0.107. The van der Waals surface area contributed by atoms with Crippen LogP contribution < -0.4 is 0 Å². The van der Waals surface area contributed by atoms with Crippen molar-refractivity contribution in [2.45, 2.75) is 0 Å². The fraction of sp³-hybridized carbons (Fsp3) is 0. The van der Waals surface area contributed by atoms with Crippen LogP contribution in [-0.2, 0) is 9.59 Å². The van der Waals surface area contributed by atoms with E-state index >= 15 is 0 Å². The Morgan fingerprint density at radius 1 is 0.500 bits per heavy atom. The van der Waals surface area contributed by atoms with E-state index in [1.165, 1.54) is 48.5 Å². The van der Waals surface area contributed by atoms with E-state index in [9.17, 15) is 28.8 Å². The van der Waals surface area contributed by atoms with Gasteiger partial charge in [0.05, 0.1) is 22.3 Å². The lowest BCUT2D eigenvalue weighted by molar-refractivity contribution is -0.145. The molecule has 26 heavy (non-hydrogen) atoms. The second kappa shape index (κ2) is 5.28. The molecule has 0 saturated heterocycles. The van der Waals surface area contributed by atoms with E-state index in [4.69, 9.17) is 0 Å². The molecule has 8 nitrogen and oxygen atoms in total. The van der Waals surface area contributed by atoms with E-state index in [2.05, 4.69) is 0 Å². The molecule has 2 aliphatic heterocycles. The molecule has 0 atom stereocenters. The zero-order valence-electron chi connectivity index (χ0n) is 13.0. The first-order valence-corrected chi connectivity index (χ1v) is 7.47. The van der Waals surface area contributed by atoms with Gasteiger partial charge in [-0.05, 0) is 24.3 Å². The lowest BCUT2D eigenvalue weighted by Crippen LogP contribution is -2.49. The number of rotatable bonds is 0. The SMILES string of the molecule is O=C(C(=O)N1C(=O)c2ccccc2C1=O)N1C(=O)c2ccccc2C1=O. The first kappa shape index (κ1) is 15.6. The summed E-state index contributed by atoms with van der Waals surface area (Å²) in [5.74, 6) is -6.99. The van der Waals surface area contributed by atoms with Crippen LogP contribution in [0.2, 0.25) is 0 Å². The minimum Gasteiger partial charge on any atom is -0.268 e. The van der Waals surface area contributed by atoms with Crippen LogP contribution in [0, 0.1) is 0 Å². The minimum absolute atomic E-state index is 0.0268. The Morgan fingerprint density at radius 3 is 0.962 bits per heavy atom. The highest BCUT2D eigenvalue weighted by Crippen LogP contribution is 2.26. The van der Waals surface area contributed by atoms with Crippen molar-refractivity contribution < 1.29 is 28.8 Å². The number of hydrogen-bond donors (Lipinski definition) is 0. The molecule has 0 aliphatic carbocycles. The molecular formula is C18H8N2O6. The van der Waals surface area contributed by atoms with Crippen molar-refractivity contribution in [2.24, 2.45) is 0 Å². The van der Waals surface area contributed by atoms with Crippen LogP contribution in [0.3, 0.4) is 0 Å². The number of imide groups is 6. The summed E-state index contributed by atoms with van der Waals surface area (Å²) in [6.45, 7) is 0. The molecule has 8 heteroatoms. The molecule has 0 fully saturated rings. The normalized spacial score (nSPS) is 15.4. The van der Waals surface area contributed by atoms with Gasteiger partial charge in [-0.1, -0.05) is 24.3 Å². The zero-order chi connectivity index (χ0) is 18.6. The third-order valence-electron chi connectivity index (χ3n) is 4.18. The summed E-state index contributed by atoms with van der Waals surface area (Å²) in [7, 11) is 0. The molecule has 2 aliphatic rings. The minimum atomic E-state index is -1.55. The van der Waals surface area contributed by atoms with E-state index in [1.807, 2.05) is 0 Å². The Morgan fingerprint density at radius 2 is 0.731 bits per heavy atom. The maximum Gasteiger partial charge on any atom is 0.327 e. The van der Waals surface area contributed by atoms with Crippen LogP contribution in [0.1, 0.15) is 41.4 Å². The summed E-state index contributed by atoms with van der Waals surface area (Å²) in [5, 5.41) is 0. The highest BCUT2D eigenvalue weighted by Gasteiger charge is 2.48. The molecule has 0 unspecified atom stereocenters. The molecule has 0 aromatic heterocycles. The smallest absolute Gasteiger partial charge is 0.268 e. The van der Waals surface area contributed by atoms with Gasteiger partial charge in [0.2, 0.25) is 0 Å². The second-order valence-corrected chi connectivity index (χ2v) is 5.59. The molecule has 2 aromatic carbocycles. The monoisotopic (exact) mass is 348 g/mol. The highest BCUT2D eigenvalue weighted by molar-refractivity contribution is 6.51. The third kappa shape index (κ3) is 1.89. The van der Waals surface area contributed by atoms with E-state index in [1.54, 1.807) is 0 Å². The maximum absolute atomic E-state index is 12.5. The van der Waals surface area contributed by atoms with Crippen molar-refractivity contribution >= 4 is 35.4 Å². The Bertz CT molecular complexity index is 915. The summed E-state index contributed by atoms with van der Waals surface area (Å²) in [6.07, 6.45) is 0. The number of nitrogens with zero attached hydrogens (tertiary/aromatic N) is 2. The Labute approximate surface area is 145 Å². The van der Waals surface area contributed by atoms with Gasteiger partial charge in [0.15, 0.2) is 0 Å². The quantitative estimate of drug-likeness (QED) is 0.510. The number of carbonyl (C=O) groups is 6. The summed E-state index contributed by atoms with van der Waals surface area (Å²) < 4.78 is 0. The predicted molar refractivity (Wildman–Crippen MR) is 83.9 cm³/mol. The van der Waals surface area contributed by atoms with Crippen LogP contribution in [0.15, 0.2) is 48.5 Å². The second-order valence-electron chi connectivity index (χ2n) is 5.59. The maximum atomic E-state index is 12.5. The predicted octanol–water partition coefficient (Wildman–Crippen LogP) is 0.632. The van der Waals surface area contributed by atoms with Crippen molar-refractivity contribution in [3.63, 3.8) is 0 Å². The van der Waals surface area contributed by atoms with Gasteiger partial charge in [-0.3, -0.25) is 28.8 Å². The molecule has 2 aromatic rings. The fourth-order valence-corrected chi connectivity index (χ4v) is 2.94. The van der Waals surface area contributed by atoms with Gasteiger partial charge in [0.1, 0.15) is 0 Å². The molecule has 0 bridgehead atoms. The number of amides is 6. The van der Waals surface area contributed by atoms with Crippen LogP contribution in [0.5, 0.6) is 0 Å². The van der Waals surface area contributed by atoms with E-state index in [0.29, 0.717) is 0 Å². The Balaban J connectivity index is 1.68. The van der Waals surface area contributed by atoms with Gasteiger partial charge in [-0.2, -0.15) is 0 Å². The lowest BCUT2D eigenvalue weighted by Gasteiger charge is -2.15. The van der Waals surface area contributed by atoms with Crippen molar-refractivity contribution in [1.29, 1.82) is 0 Å². The third-order valence-corrected chi connectivity index (χ3v) is 4.18. The largest absolute Gasteiger partial charge is 0.327 e. The van der Waals surface area contributed by atoms with E-state index in [0.717, 1.165) is 0 Å². The van der Waals surface area contributed by atoms with Crippen LogP contribution in [-0.4, -0.2) is 45.2 Å². The van der Waals surface area contributed by atoms with Gasteiger partial charge in [-0.25, -0.2) is 9.80 Å². The molecule has 0 saturated carbocycles. The molecule has 0 N–H and O–H groups in total. The fourth-order valence-electron chi connectivity index (χ4n) is 2.94. The van der Waals surface area contributed by atoms with Gasteiger partial charge in [-0.15, -0.1) is 0 Å². The molecule has 0 spiro atoms. The topological polar surface area (TPSA) is 109 Å².